The fourth-order valence-electron chi connectivity index (χ4n) is 10.5. The van der Waals surface area contributed by atoms with E-state index in [0.29, 0.717) is 25.7 Å². The minimum Gasteiger partial charge on any atom is -0.456 e. The third-order valence-electron chi connectivity index (χ3n) is 15.1. The molecule has 27 nitrogen and oxygen atoms in total. The van der Waals surface area contributed by atoms with E-state index in [2.05, 4.69) is 28.2 Å². The van der Waals surface area contributed by atoms with E-state index < -0.39 is 135 Å². The second-order valence-electron chi connectivity index (χ2n) is 23.4. The summed E-state index contributed by atoms with van der Waals surface area (Å²) < 4.78 is 91.1. The number of phosphoric ester groups is 4. The van der Waals surface area contributed by atoms with Gasteiger partial charge in [-0.3, -0.25) is 41.5 Å². The number of hydrogen-bond donors (Lipinski definition) is 10. The Morgan fingerprint density at radius 3 is 1.20 bits per heavy atom. The third-order valence-corrected chi connectivity index (χ3v) is 18.2. The Morgan fingerprint density at radius 1 is 0.500 bits per heavy atom. The quantitative estimate of drug-likeness (QED) is 0.0154. The molecule has 1 aliphatic heterocycles. The lowest BCUT2D eigenvalue weighted by Gasteiger charge is -2.44. The molecule has 1 amide bonds. The Kier molecular flexibility index (Phi) is 37.2. The zero-order chi connectivity index (χ0) is 63.2. The number of unbranched alkanes of at least 4 members (excludes halogenated alkanes) is 24. The molecule has 31 heteroatoms. The molecule has 1 aliphatic carbocycles. The molecule has 0 aromatic carbocycles. The molecule has 2 aliphatic rings. The van der Waals surface area contributed by atoms with Gasteiger partial charge in [-0.15, -0.1) is 10.3 Å². The number of carbonyl (C=O) groups excluding carboxylic acids is 3. The first-order valence-electron chi connectivity index (χ1n) is 30.2. The standard InChI is InChI=1S/C53H103N2O25P4/c1-7-9-11-13-15-17-19-21-23-25-27-29-31-33-43(56)76-41(38-74-83(69,70)73-36-35-54-51(61)40-37-52(3,4)55(62)53(40,5)6)42(77-44(57)34-32-30-28-26-24-22-20-18-16-14-12-10-8-2)39-75-84(71,72)80-48-45(58)46(59)49(78-81(63,64)65)50(47(48)60)79-82(66,67)68/h40-42,45-50,58-60H,7-39H2,1-6H3,(H,54,61)(H,69,70)(H,71,72)(H2,63,64,65)(H2,66,67,68)/t40?,41-,42-,45-,46+,47+,48-,49-,50-/m1/s1. The molecule has 1 heterocycles. The van der Waals surface area contributed by atoms with Gasteiger partial charge in [-0.1, -0.05) is 168 Å². The van der Waals surface area contributed by atoms with E-state index in [0.717, 1.165) is 69.3 Å². The number of hydroxylamine groups is 2. The molecule has 11 atom stereocenters. The Balaban J connectivity index is 2.33. The zero-order valence-electron chi connectivity index (χ0n) is 50.3. The second-order valence-corrected chi connectivity index (χ2v) is 28.6. The molecule has 0 spiro atoms. The van der Waals surface area contributed by atoms with Crippen molar-refractivity contribution in [2.75, 3.05) is 26.4 Å². The number of carbonyl (C=O) groups is 3. The van der Waals surface area contributed by atoms with Gasteiger partial charge in [-0.25, -0.2) is 18.3 Å². The van der Waals surface area contributed by atoms with Crippen LogP contribution in [0.1, 0.15) is 228 Å². The van der Waals surface area contributed by atoms with E-state index in [9.17, 15) is 82.5 Å². The summed E-state index contributed by atoms with van der Waals surface area (Å²) >= 11 is 0. The lowest BCUT2D eigenvalue weighted by Crippen LogP contribution is -2.65. The summed E-state index contributed by atoms with van der Waals surface area (Å²) in [6.45, 7) is 7.71. The minimum atomic E-state index is -5.80. The van der Waals surface area contributed by atoms with Gasteiger partial charge in [0.15, 0.2) is 12.2 Å². The van der Waals surface area contributed by atoms with Crippen molar-refractivity contribution < 1.29 is 119 Å². The molecular weight excluding hydrogens is 1190 g/mol. The number of aliphatic hydroxyl groups excluding tert-OH is 3. The number of phosphoric acid groups is 4. The Labute approximate surface area is 497 Å². The molecule has 495 valence electrons. The average molecular weight is 1290 g/mol. The van der Waals surface area contributed by atoms with Crippen LogP contribution in [0.15, 0.2) is 0 Å². The fourth-order valence-corrected chi connectivity index (χ4v) is 13.3. The summed E-state index contributed by atoms with van der Waals surface area (Å²) in [6, 6.07) is 0. The second kappa shape index (κ2) is 39.7. The minimum absolute atomic E-state index is 0.202. The number of nitrogens with one attached hydrogen (secondary N) is 1. The summed E-state index contributed by atoms with van der Waals surface area (Å²) in [6.07, 6.45) is 6.44. The summed E-state index contributed by atoms with van der Waals surface area (Å²) in [4.78, 5) is 99.9. The highest BCUT2D eigenvalue weighted by Crippen LogP contribution is 2.52. The monoisotopic (exact) mass is 1290 g/mol. The van der Waals surface area contributed by atoms with Crippen molar-refractivity contribution in [2.45, 2.75) is 288 Å². The number of hydrogen-bond acceptors (Lipinski definition) is 19. The Bertz CT molecular complexity index is 2080. The Morgan fingerprint density at radius 2 is 0.845 bits per heavy atom. The number of rotatable bonds is 48. The number of nitrogens with zero attached hydrogens (tertiary/aromatic N) is 1. The lowest BCUT2D eigenvalue weighted by molar-refractivity contribution is -0.247. The van der Waals surface area contributed by atoms with Crippen LogP contribution < -0.4 is 5.32 Å². The first kappa shape index (κ1) is 78.7. The molecule has 1 saturated carbocycles. The van der Waals surface area contributed by atoms with Gasteiger partial charge in [-0.05, 0) is 47.0 Å². The highest BCUT2D eigenvalue weighted by Gasteiger charge is 2.57. The van der Waals surface area contributed by atoms with Crippen LogP contribution >= 0.6 is 31.3 Å². The van der Waals surface area contributed by atoms with E-state index in [1.165, 1.54) is 77.0 Å². The number of amides is 1. The predicted octanol–water partition coefficient (Wildman–Crippen LogP) is 8.80. The maximum absolute atomic E-state index is 13.7. The van der Waals surface area contributed by atoms with Crippen LogP contribution in [0.4, 0.5) is 0 Å². The maximum atomic E-state index is 13.7. The van der Waals surface area contributed by atoms with Crippen molar-refractivity contribution in [3.8, 4) is 0 Å². The van der Waals surface area contributed by atoms with E-state index in [1.807, 2.05) is 0 Å². The van der Waals surface area contributed by atoms with Crippen molar-refractivity contribution in [1.82, 2.24) is 10.4 Å². The molecule has 2 rings (SSSR count). The molecule has 0 aromatic heterocycles. The van der Waals surface area contributed by atoms with Crippen LogP contribution in [-0.2, 0) is 74.5 Å². The summed E-state index contributed by atoms with van der Waals surface area (Å²) in [7, 11) is -22.3. The van der Waals surface area contributed by atoms with Gasteiger partial charge in [0.2, 0.25) is 5.91 Å². The van der Waals surface area contributed by atoms with Crippen molar-refractivity contribution in [2.24, 2.45) is 5.92 Å². The molecule has 1 saturated heterocycles. The van der Waals surface area contributed by atoms with Gasteiger partial charge in [-0.2, -0.15) is 0 Å². The van der Waals surface area contributed by atoms with Gasteiger partial charge in [0, 0.05) is 24.9 Å². The van der Waals surface area contributed by atoms with Crippen molar-refractivity contribution >= 4 is 49.1 Å². The van der Waals surface area contributed by atoms with Crippen LogP contribution in [0.25, 0.3) is 0 Å². The van der Waals surface area contributed by atoms with Crippen LogP contribution in [-0.4, -0.2) is 154 Å². The normalized spacial score (nSPS) is 24.0. The van der Waals surface area contributed by atoms with Crippen LogP contribution in [0.5, 0.6) is 0 Å². The lowest BCUT2D eigenvalue weighted by atomic mass is 9.85. The van der Waals surface area contributed by atoms with Crippen molar-refractivity contribution in [3.63, 3.8) is 0 Å². The highest BCUT2D eigenvalue weighted by atomic mass is 31.2. The number of ether oxygens (including phenoxy) is 2. The number of esters is 2. The topological polar surface area (TPSA) is 411 Å². The first-order chi connectivity index (χ1) is 39.3. The van der Waals surface area contributed by atoms with Crippen LogP contribution in [0.3, 0.4) is 0 Å². The molecule has 1 radical (unpaired) electrons. The van der Waals surface area contributed by atoms with Gasteiger partial charge in [0.05, 0.1) is 31.3 Å². The first-order valence-corrected chi connectivity index (χ1v) is 36.3. The molecular formula is C53H103N2O25P4. The molecule has 0 aromatic rings. The zero-order valence-corrected chi connectivity index (χ0v) is 53.9. The van der Waals surface area contributed by atoms with E-state index in [1.54, 1.807) is 27.7 Å². The summed E-state index contributed by atoms with van der Waals surface area (Å²) in [5.74, 6) is -3.11. The fraction of sp³-hybridized carbons (Fsp3) is 0.943. The molecule has 10 N–H and O–H groups in total. The van der Waals surface area contributed by atoms with Gasteiger partial charge in [0.25, 0.3) is 0 Å². The third kappa shape index (κ3) is 31.9. The molecule has 84 heavy (non-hydrogen) atoms. The number of aliphatic hydroxyl groups is 3. The highest BCUT2D eigenvalue weighted by molar-refractivity contribution is 7.47. The van der Waals surface area contributed by atoms with E-state index >= 15 is 0 Å². The van der Waals surface area contributed by atoms with E-state index in [-0.39, 0.29) is 25.8 Å². The SMILES string of the molecule is CCCCCCCCCCCCCCCC(=O)O[C@H](COP(=O)(O)OCCNC(=O)C1CC(C)(C)N([O])C1(C)C)[C@@H](COP(=O)(O)O[C@@H]1[C@H](O)[C@H](O)[C@@H](OP(=O)(O)O)[C@H](OP(=O)(O)O)[C@H]1O)OC(=O)CCCCCCCCCCCCCCC. The van der Waals surface area contributed by atoms with Crippen molar-refractivity contribution in [3.05, 3.63) is 0 Å². The predicted molar refractivity (Wildman–Crippen MR) is 306 cm³/mol. The van der Waals surface area contributed by atoms with Crippen LogP contribution in [0, 0.1) is 5.92 Å². The maximum Gasteiger partial charge on any atom is 0.472 e. The summed E-state index contributed by atoms with van der Waals surface area (Å²) in [5, 5.41) is 48.9. The molecule has 2 fully saturated rings. The molecule has 3 unspecified atom stereocenters. The largest absolute Gasteiger partial charge is 0.472 e. The van der Waals surface area contributed by atoms with Gasteiger partial charge in [0.1, 0.15) is 36.6 Å². The average Bonchev–Trinajstić information content (AvgIpc) is 2.41. The molecule has 0 bridgehead atoms. The van der Waals surface area contributed by atoms with Gasteiger partial charge >= 0.3 is 43.2 Å². The van der Waals surface area contributed by atoms with Crippen molar-refractivity contribution in [1.29, 1.82) is 0 Å². The van der Waals surface area contributed by atoms with E-state index in [4.69, 9.17) is 27.6 Å². The smallest absolute Gasteiger partial charge is 0.456 e. The van der Waals surface area contributed by atoms with Crippen LogP contribution in [0.2, 0.25) is 0 Å². The Hall–Kier alpha value is -1.35. The van der Waals surface area contributed by atoms with Gasteiger partial charge < -0.3 is 59.5 Å². The summed E-state index contributed by atoms with van der Waals surface area (Å²) in [5.41, 5.74) is -1.92.